The summed E-state index contributed by atoms with van der Waals surface area (Å²) in [5.74, 6) is -6.02. The van der Waals surface area contributed by atoms with Crippen molar-refractivity contribution >= 4 is 17.8 Å². The summed E-state index contributed by atoms with van der Waals surface area (Å²) in [5.41, 5.74) is 0. The number of aliphatic hydroxyl groups excluding tert-OH is 10. The molecule has 21 nitrogen and oxygen atoms in total. The molecule has 0 aromatic heterocycles. The SMILES string of the molecule is CC(=O)N[C@H]1[C@H]([C@H](O)[C@H](O)CO)O[C@@](OC[C@H]2O[C@@H](OC[C@H]3OC(O)[C@H](NC(C)=O)[C@@H](O)[C@@H]3O)[C@H](O)[C@@H](O)[C@H]2O)(C(=O)O)C[C@@H]1O. The van der Waals surface area contributed by atoms with Crippen LogP contribution in [0, 0.1) is 0 Å². The minimum atomic E-state index is -2.81. The van der Waals surface area contributed by atoms with Crippen LogP contribution >= 0.6 is 0 Å². The minimum absolute atomic E-state index is 0.632. The molecular formula is C25H42N2O19. The fourth-order valence-corrected chi connectivity index (χ4v) is 5.35. The van der Waals surface area contributed by atoms with Gasteiger partial charge in [-0.2, -0.15) is 0 Å². The van der Waals surface area contributed by atoms with Gasteiger partial charge in [-0.05, 0) is 0 Å². The molecule has 13 N–H and O–H groups in total. The van der Waals surface area contributed by atoms with Crippen molar-refractivity contribution in [2.24, 2.45) is 0 Å². The first kappa shape index (κ1) is 38.3. The van der Waals surface area contributed by atoms with Crippen LogP contribution in [0.15, 0.2) is 0 Å². The molecule has 0 saturated carbocycles. The molecule has 1 unspecified atom stereocenters. The van der Waals surface area contributed by atoms with Gasteiger partial charge in [0.2, 0.25) is 11.8 Å². The second-order valence-corrected chi connectivity index (χ2v) is 11.3. The van der Waals surface area contributed by atoms with Crippen LogP contribution in [0.4, 0.5) is 0 Å². The average Bonchev–Trinajstić information content (AvgIpc) is 2.99. The fourth-order valence-electron chi connectivity index (χ4n) is 5.35. The first-order valence-corrected chi connectivity index (χ1v) is 14.2. The third kappa shape index (κ3) is 8.44. The molecule has 0 aliphatic carbocycles. The first-order valence-electron chi connectivity index (χ1n) is 14.2. The van der Waals surface area contributed by atoms with Crippen molar-refractivity contribution in [1.29, 1.82) is 0 Å². The van der Waals surface area contributed by atoms with Crippen LogP contribution in [0.1, 0.15) is 20.3 Å². The van der Waals surface area contributed by atoms with Crippen molar-refractivity contribution in [2.75, 3.05) is 19.8 Å². The first-order chi connectivity index (χ1) is 21.4. The zero-order valence-electron chi connectivity index (χ0n) is 24.7. The number of carboxylic acids is 1. The standard InChI is InChI=1S/C25H42N2O19/c1-7(29)26-13-9(31)3-25(24(40)41,46-21(13)15(33)10(32)4-28)43-6-12-17(35)19(37)20(38)23(45-12)42-5-11-16(34)18(36)14(22(39)44-11)27-8(2)30/h9-23,28,31-39H,3-6H2,1-2H3,(H,26,29)(H,27,30)(H,40,41)/t9-,10+,11+,12+,13+,14+,15+,16+,17-,18+,19-,20+,21+,22?,23+,25+/m0/s1. The number of rotatable bonds is 12. The maximum Gasteiger partial charge on any atom is 0.364 e. The Morgan fingerprint density at radius 1 is 0.826 bits per heavy atom. The van der Waals surface area contributed by atoms with Crippen molar-refractivity contribution in [3.05, 3.63) is 0 Å². The predicted molar refractivity (Wildman–Crippen MR) is 142 cm³/mol. The molecule has 3 fully saturated rings. The lowest BCUT2D eigenvalue weighted by atomic mass is 9.88. The van der Waals surface area contributed by atoms with E-state index < -0.39 is 142 Å². The summed E-state index contributed by atoms with van der Waals surface area (Å²) < 4.78 is 26.9. The van der Waals surface area contributed by atoms with E-state index in [0.717, 1.165) is 13.8 Å². The number of ether oxygens (including phenoxy) is 5. The van der Waals surface area contributed by atoms with Crippen molar-refractivity contribution in [3.63, 3.8) is 0 Å². The van der Waals surface area contributed by atoms with Crippen LogP contribution in [-0.4, -0.2) is 191 Å². The lowest BCUT2D eigenvalue weighted by molar-refractivity contribution is -0.343. The normalized spacial score (nSPS) is 42.9. The van der Waals surface area contributed by atoms with Gasteiger partial charge in [-0.3, -0.25) is 9.59 Å². The average molecular weight is 675 g/mol. The van der Waals surface area contributed by atoms with Gasteiger partial charge >= 0.3 is 5.97 Å². The molecule has 266 valence electrons. The molecular weight excluding hydrogens is 632 g/mol. The second kappa shape index (κ2) is 15.8. The van der Waals surface area contributed by atoms with Crippen molar-refractivity contribution < 1.29 is 94.2 Å². The number of aliphatic hydroxyl groups is 10. The van der Waals surface area contributed by atoms with Gasteiger partial charge in [-0.25, -0.2) is 4.79 Å². The van der Waals surface area contributed by atoms with Gasteiger partial charge in [-0.15, -0.1) is 0 Å². The Kier molecular flexibility index (Phi) is 13.1. The van der Waals surface area contributed by atoms with E-state index in [1.54, 1.807) is 0 Å². The van der Waals surface area contributed by atoms with Crippen LogP contribution in [0.2, 0.25) is 0 Å². The van der Waals surface area contributed by atoms with Gasteiger partial charge in [0.15, 0.2) is 12.6 Å². The topological polar surface area (TPSA) is 344 Å². The smallest absolute Gasteiger partial charge is 0.364 e. The molecule has 0 radical (unpaired) electrons. The summed E-state index contributed by atoms with van der Waals surface area (Å²) in [6.07, 6.45) is -24.5. The highest BCUT2D eigenvalue weighted by Crippen LogP contribution is 2.35. The van der Waals surface area contributed by atoms with E-state index in [0.29, 0.717) is 0 Å². The lowest BCUT2D eigenvalue weighted by Crippen LogP contribution is -2.68. The van der Waals surface area contributed by atoms with Crippen LogP contribution in [0.25, 0.3) is 0 Å². The van der Waals surface area contributed by atoms with Gasteiger partial charge in [0.05, 0.1) is 32.0 Å². The molecule has 3 aliphatic rings. The molecule has 0 aromatic carbocycles. The summed E-state index contributed by atoms with van der Waals surface area (Å²) in [7, 11) is 0. The third-order valence-corrected chi connectivity index (χ3v) is 7.85. The van der Waals surface area contributed by atoms with E-state index in [-0.39, 0.29) is 0 Å². The monoisotopic (exact) mass is 674 g/mol. The quantitative estimate of drug-likeness (QED) is 0.0913. The number of nitrogens with one attached hydrogen (secondary N) is 2. The van der Waals surface area contributed by atoms with Crippen molar-refractivity contribution in [2.45, 2.75) is 118 Å². The van der Waals surface area contributed by atoms with Gasteiger partial charge in [0.25, 0.3) is 5.79 Å². The van der Waals surface area contributed by atoms with Crippen molar-refractivity contribution in [1.82, 2.24) is 10.6 Å². The maximum atomic E-state index is 12.4. The Morgan fingerprint density at radius 3 is 1.96 bits per heavy atom. The van der Waals surface area contributed by atoms with Crippen LogP contribution < -0.4 is 10.6 Å². The lowest BCUT2D eigenvalue weighted by Gasteiger charge is -2.47. The minimum Gasteiger partial charge on any atom is -0.477 e. The number of carbonyl (C=O) groups excluding carboxylic acids is 2. The van der Waals surface area contributed by atoms with Gasteiger partial charge in [0.1, 0.15) is 67.1 Å². The third-order valence-electron chi connectivity index (χ3n) is 7.85. The highest BCUT2D eigenvalue weighted by atomic mass is 16.7. The Labute approximate surface area is 260 Å². The van der Waals surface area contributed by atoms with E-state index in [4.69, 9.17) is 23.7 Å². The van der Waals surface area contributed by atoms with E-state index in [1.165, 1.54) is 0 Å². The van der Waals surface area contributed by atoms with Gasteiger partial charge in [-0.1, -0.05) is 0 Å². The zero-order valence-corrected chi connectivity index (χ0v) is 24.7. The Bertz CT molecular complexity index is 1050. The molecule has 21 heteroatoms. The van der Waals surface area contributed by atoms with Gasteiger partial charge in [0, 0.05) is 20.3 Å². The number of carboxylic acid groups (broad SMARTS) is 1. The Balaban J connectivity index is 1.73. The molecule has 16 atom stereocenters. The molecule has 0 aromatic rings. The number of hydrogen-bond acceptors (Lipinski definition) is 18. The highest BCUT2D eigenvalue weighted by Gasteiger charge is 2.57. The van der Waals surface area contributed by atoms with E-state index in [2.05, 4.69) is 10.6 Å². The fraction of sp³-hybridized carbons (Fsp3) is 0.880. The molecule has 46 heavy (non-hydrogen) atoms. The van der Waals surface area contributed by atoms with Gasteiger partial charge < -0.3 is 90.5 Å². The largest absolute Gasteiger partial charge is 0.477 e. The zero-order chi connectivity index (χ0) is 34.7. The molecule has 3 heterocycles. The predicted octanol–water partition coefficient (Wildman–Crippen LogP) is -8.08. The van der Waals surface area contributed by atoms with Crippen LogP contribution in [-0.2, 0) is 38.1 Å². The summed E-state index contributed by atoms with van der Waals surface area (Å²) in [6, 6.07) is -2.86. The summed E-state index contributed by atoms with van der Waals surface area (Å²) in [4.78, 5) is 35.4. The molecule has 3 saturated heterocycles. The number of hydrogen-bond donors (Lipinski definition) is 13. The number of carbonyl (C=O) groups is 3. The highest BCUT2D eigenvalue weighted by molar-refractivity contribution is 5.76. The van der Waals surface area contributed by atoms with E-state index in [1.807, 2.05) is 0 Å². The summed E-state index contributed by atoms with van der Waals surface area (Å²) in [5, 5.41) is 117. The number of amides is 2. The molecule has 3 aliphatic heterocycles. The Morgan fingerprint density at radius 2 is 1.39 bits per heavy atom. The molecule has 0 spiro atoms. The molecule has 0 bridgehead atoms. The summed E-state index contributed by atoms with van der Waals surface area (Å²) in [6.45, 7) is -0.465. The second-order valence-electron chi connectivity index (χ2n) is 11.3. The number of aliphatic carboxylic acids is 1. The van der Waals surface area contributed by atoms with E-state index >= 15 is 0 Å². The molecule has 3 rings (SSSR count). The van der Waals surface area contributed by atoms with Crippen molar-refractivity contribution in [3.8, 4) is 0 Å². The Hall–Kier alpha value is -2.19. The summed E-state index contributed by atoms with van der Waals surface area (Å²) >= 11 is 0. The van der Waals surface area contributed by atoms with Crippen LogP contribution in [0.5, 0.6) is 0 Å². The molecule has 2 amide bonds. The van der Waals surface area contributed by atoms with E-state index in [9.17, 15) is 70.6 Å². The maximum absolute atomic E-state index is 12.4. The van der Waals surface area contributed by atoms with Crippen LogP contribution in [0.3, 0.4) is 0 Å².